The number of anilines is 1. The second-order valence-electron chi connectivity index (χ2n) is 8.33. The third-order valence-corrected chi connectivity index (χ3v) is 6.24. The van der Waals surface area contributed by atoms with E-state index in [2.05, 4.69) is 25.3 Å². The van der Waals surface area contributed by atoms with Gasteiger partial charge in [0.15, 0.2) is 11.5 Å². The zero-order valence-electron chi connectivity index (χ0n) is 16.8. The van der Waals surface area contributed by atoms with Crippen molar-refractivity contribution in [3.8, 4) is 11.6 Å². The number of benzene rings is 1. The maximum Gasteiger partial charge on any atom is 0.434 e. The summed E-state index contributed by atoms with van der Waals surface area (Å²) in [5.74, 6) is -1.28. The SMILES string of the molecule is C[C@@H]1CN2c3c(cc4c(-c5n[nH]c(=O)o5)noc4c3F)CC3(C=NCN=C3)[C@H]2[C@H](C)O1. The average Bonchev–Trinajstić information content (AvgIpc) is 3.34. The van der Waals surface area contributed by atoms with Crippen LogP contribution in [0.25, 0.3) is 22.6 Å². The van der Waals surface area contributed by atoms with E-state index in [1.807, 2.05) is 37.2 Å². The second kappa shape index (κ2) is 6.33. The number of nitrogens with one attached hydrogen (secondary N) is 1. The molecule has 10 nitrogen and oxygen atoms in total. The molecule has 3 aliphatic rings. The summed E-state index contributed by atoms with van der Waals surface area (Å²) < 4.78 is 32.3. The number of aromatic amines is 1. The molecule has 0 radical (unpaired) electrons. The summed E-state index contributed by atoms with van der Waals surface area (Å²) in [6.45, 7) is 4.87. The molecule has 11 heteroatoms. The van der Waals surface area contributed by atoms with Gasteiger partial charge in [-0.2, -0.15) is 0 Å². The first-order valence-corrected chi connectivity index (χ1v) is 10.1. The number of aliphatic imine (C=N–C) groups is 2. The maximum absolute atomic E-state index is 15.9. The molecule has 31 heavy (non-hydrogen) atoms. The Hall–Kier alpha value is -3.34. The predicted octanol–water partition coefficient (Wildman–Crippen LogP) is 1.95. The minimum Gasteiger partial charge on any atom is -0.386 e. The van der Waals surface area contributed by atoms with Gasteiger partial charge in [-0.3, -0.25) is 9.98 Å². The van der Waals surface area contributed by atoms with Crippen molar-refractivity contribution in [3.05, 3.63) is 28.0 Å². The van der Waals surface area contributed by atoms with E-state index in [0.29, 0.717) is 30.7 Å². The Kier molecular flexibility index (Phi) is 3.76. The van der Waals surface area contributed by atoms with Gasteiger partial charge in [-0.25, -0.2) is 14.3 Å². The fraction of sp³-hybridized carbons (Fsp3) is 0.450. The Bertz CT molecular complexity index is 1290. The zero-order valence-corrected chi connectivity index (χ0v) is 16.8. The highest BCUT2D eigenvalue weighted by Gasteiger charge is 2.52. The molecule has 0 aliphatic carbocycles. The van der Waals surface area contributed by atoms with Gasteiger partial charge in [-0.05, 0) is 31.9 Å². The van der Waals surface area contributed by atoms with Crippen LogP contribution in [-0.2, 0) is 11.2 Å². The third-order valence-electron chi connectivity index (χ3n) is 6.24. The summed E-state index contributed by atoms with van der Waals surface area (Å²) in [7, 11) is 0. The Morgan fingerprint density at radius 1 is 1.29 bits per heavy atom. The Morgan fingerprint density at radius 3 is 2.84 bits per heavy atom. The fourth-order valence-electron chi connectivity index (χ4n) is 5.28. The molecule has 0 unspecified atom stereocenters. The van der Waals surface area contributed by atoms with Crippen LogP contribution in [0.3, 0.4) is 0 Å². The summed E-state index contributed by atoms with van der Waals surface area (Å²) in [6, 6.07) is 1.66. The summed E-state index contributed by atoms with van der Waals surface area (Å²) in [6.07, 6.45) is 4.08. The molecule has 3 aliphatic heterocycles. The van der Waals surface area contributed by atoms with Crippen molar-refractivity contribution >= 4 is 29.1 Å². The molecule has 1 aromatic carbocycles. The van der Waals surface area contributed by atoms with Crippen molar-refractivity contribution in [2.75, 3.05) is 18.1 Å². The van der Waals surface area contributed by atoms with E-state index >= 15 is 4.39 Å². The number of aromatic nitrogens is 3. The largest absolute Gasteiger partial charge is 0.434 e. The van der Waals surface area contributed by atoms with Gasteiger partial charge < -0.3 is 18.6 Å². The van der Waals surface area contributed by atoms with Crippen LogP contribution < -0.4 is 10.7 Å². The van der Waals surface area contributed by atoms with Crippen LogP contribution in [0.5, 0.6) is 0 Å². The first kappa shape index (κ1) is 18.4. The lowest BCUT2D eigenvalue weighted by molar-refractivity contribution is -0.0432. The van der Waals surface area contributed by atoms with Crippen LogP contribution in [0.15, 0.2) is 29.8 Å². The van der Waals surface area contributed by atoms with Crippen molar-refractivity contribution in [2.45, 2.75) is 38.5 Å². The van der Waals surface area contributed by atoms with Gasteiger partial charge in [0.2, 0.25) is 5.58 Å². The van der Waals surface area contributed by atoms with Crippen molar-refractivity contribution in [3.63, 3.8) is 0 Å². The standard InChI is InChI=1S/C20H19FN6O4/c1-9-5-27-15-11(4-20(6-22-8-23-7-20)17(27)10(2)29-9)3-12-14(18-24-25-19(28)30-18)26-31-16(12)13(15)21/h3,6-7,9-10,17H,4-5,8H2,1-2H3,(H,25,28)/t9-,10+,17-/m1/s1. The van der Waals surface area contributed by atoms with Gasteiger partial charge >= 0.3 is 5.76 Å². The highest BCUT2D eigenvalue weighted by atomic mass is 19.1. The molecule has 6 rings (SSSR count). The third kappa shape index (κ3) is 2.55. The summed E-state index contributed by atoms with van der Waals surface area (Å²) in [5.41, 5.74) is 0.877. The molecular formula is C20H19FN6O4. The van der Waals surface area contributed by atoms with Crippen molar-refractivity contribution in [1.82, 2.24) is 15.4 Å². The smallest absolute Gasteiger partial charge is 0.386 e. The van der Waals surface area contributed by atoms with Gasteiger partial charge in [0.05, 0.1) is 34.7 Å². The monoisotopic (exact) mass is 426 g/mol. The highest BCUT2D eigenvalue weighted by Crippen LogP contribution is 2.48. The molecule has 1 saturated heterocycles. The van der Waals surface area contributed by atoms with Gasteiger partial charge in [0.25, 0.3) is 5.89 Å². The van der Waals surface area contributed by atoms with Crippen molar-refractivity contribution in [2.24, 2.45) is 15.4 Å². The van der Waals surface area contributed by atoms with Gasteiger partial charge in [-0.15, -0.1) is 5.10 Å². The molecule has 1 fully saturated rings. The van der Waals surface area contributed by atoms with Gasteiger partial charge in [0, 0.05) is 19.0 Å². The van der Waals surface area contributed by atoms with Crippen LogP contribution in [0.1, 0.15) is 19.4 Å². The number of morpholine rings is 1. The van der Waals surface area contributed by atoms with Crippen LogP contribution in [0.4, 0.5) is 10.1 Å². The average molecular weight is 426 g/mol. The zero-order chi connectivity index (χ0) is 21.3. The number of fused-ring (bicyclic) bond motifs is 5. The normalized spacial score (nSPS) is 26.4. The lowest BCUT2D eigenvalue weighted by Crippen LogP contribution is -2.65. The van der Waals surface area contributed by atoms with Crippen molar-refractivity contribution < 1.29 is 18.1 Å². The van der Waals surface area contributed by atoms with E-state index in [-0.39, 0.29) is 35.4 Å². The number of hydrogen-bond acceptors (Lipinski definition) is 9. The molecule has 2 aromatic heterocycles. The topological polar surface area (TPSA) is 122 Å². The number of halogens is 1. The van der Waals surface area contributed by atoms with Gasteiger partial charge in [0.1, 0.15) is 6.67 Å². The molecule has 5 heterocycles. The molecule has 1 spiro atoms. The lowest BCUT2D eigenvalue weighted by atomic mass is 9.69. The predicted molar refractivity (Wildman–Crippen MR) is 109 cm³/mol. The first-order chi connectivity index (χ1) is 15.0. The lowest BCUT2D eigenvalue weighted by Gasteiger charge is -2.54. The second-order valence-corrected chi connectivity index (χ2v) is 8.33. The van der Waals surface area contributed by atoms with E-state index in [1.165, 1.54) is 0 Å². The van der Waals surface area contributed by atoms with Crippen LogP contribution >= 0.6 is 0 Å². The fourth-order valence-corrected chi connectivity index (χ4v) is 5.28. The van der Waals surface area contributed by atoms with Crippen LogP contribution in [0, 0.1) is 11.2 Å². The van der Waals surface area contributed by atoms with E-state index in [4.69, 9.17) is 13.7 Å². The molecule has 0 saturated carbocycles. The van der Waals surface area contributed by atoms with E-state index in [1.54, 1.807) is 0 Å². The molecular weight excluding hydrogens is 407 g/mol. The summed E-state index contributed by atoms with van der Waals surface area (Å²) in [5, 5.41) is 10.3. The molecule has 0 amide bonds. The number of ether oxygens (including phenoxy) is 1. The number of rotatable bonds is 1. The minimum atomic E-state index is -0.725. The number of nitrogens with zero attached hydrogens (tertiary/aromatic N) is 5. The molecule has 3 aromatic rings. The molecule has 1 N–H and O–H groups in total. The summed E-state index contributed by atoms with van der Waals surface area (Å²) >= 11 is 0. The quantitative estimate of drug-likeness (QED) is 0.631. The summed E-state index contributed by atoms with van der Waals surface area (Å²) in [4.78, 5) is 22.3. The Labute approximate surface area is 174 Å². The van der Waals surface area contributed by atoms with E-state index in [0.717, 1.165) is 5.56 Å². The highest BCUT2D eigenvalue weighted by molar-refractivity contribution is 5.97. The first-order valence-electron chi connectivity index (χ1n) is 10.1. The number of hydrogen-bond donors (Lipinski definition) is 1. The minimum absolute atomic E-state index is 0.00752. The van der Waals surface area contributed by atoms with Crippen molar-refractivity contribution in [1.29, 1.82) is 0 Å². The van der Waals surface area contributed by atoms with E-state index in [9.17, 15) is 4.79 Å². The van der Waals surface area contributed by atoms with Gasteiger partial charge in [-0.1, -0.05) is 5.16 Å². The van der Waals surface area contributed by atoms with E-state index < -0.39 is 17.0 Å². The molecule has 3 atom stereocenters. The van der Waals surface area contributed by atoms with Crippen LogP contribution in [0.2, 0.25) is 0 Å². The maximum atomic E-state index is 15.9. The molecule has 0 bridgehead atoms. The van der Waals surface area contributed by atoms with Crippen LogP contribution in [-0.4, -0.2) is 59.2 Å². The Balaban J connectivity index is 1.60. The molecule has 160 valence electrons. The Morgan fingerprint density at radius 2 is 2.10 bits per heavy atom. The number of H-pyrrole nitrogens is 1.